The predicted molar refractivity (Wildman–Crippen MR) is 73.4 cm³/mol. The van der Waals surface area contributed by atoms with Crippen molar-refractivity contribution in [2.45, 2.75) is 13.5 Å². The lowest BCUT2D eigenvalue weighted by molar-refractivity contribution is 0.460. The Morgan fingerprint density at radius 3 is 2.56 bits per heavy atom. The first-order valence-corrected chi connectivity index (χ1v) is 6.15. The Bertz CT molecular complexity index is 573. The molecule has 0 unspecified atom stereocenters. The van der Waals surface area contributed by atoms with Gasteiger partial charge < -0.3 is 10.5 Å². The van der Waals surface area contributed by atoms with Gasteiger partial charge in [-0.1, -0.05) is 23.2 Å². The van der Waals surface area contributed by atoms with Crippen molar-refractivity contribution in [3.63, 3.8) is 0 Å². The second-order valence-electron chi connectivity index (χ2n) is 3.80. The van der Waals surface area contributed by atoms with Gasteiger partial charge in [0.15, 0.2) is 0 Å². The van der Waals surface area contributed by atoms with Crippen LogP contribution in [0.1, 0.15) is 11.3 Å². The van der Waals surface area contributed by atoms with Crippen molar-refractivity contribution >= 4 is 23.2 Å². The molecule has 0 aliphatic heterocycles. The fourth-order valence-corrected chi connectivity index (χ4v) is 1.77. The topological polar surface area (TPSA) is 48.1 Å². The van der Waals surface area contributed by atoms with E-state index in [0.29, 0.717) is 27.4 Å². The van der Waals surface area contributed by atoms with E-state index in [2.05, 4.69) is 4.98 Å². The van der Waals surface area contributed by atoms with E-state index in [1.807, 2.05) is 13.0 Å². The molecule has 0 bridgehead atoms. The van der Waals surface area contributed by atoms with Gasteiger partial charge in [-0.3, -0.25) is 0 Å². The van der Waals surface area contributed by atoms with E-state index >= 15 is 0 Å². The van der Waals surface area contributed by atoms with Crippen molar-refractivity contribution < 1.29 is 4.74 Å². The number of aryl methyl sites for hydroxylation is 1. The third-order valence-electron chi connectivity index (χ3n) is 2.44. The zero-order valence-electron chi connectivity index (χ0n) is 9.78. The highest BCUT2D eigenvalue weighted by atomic mass is 35.5. The minimum atomic E-state index is 0.273. The molecule has 0 saturated carbocycles. The molecule has 2 rings (SSSR count). The number of ether oxygens (including phenoxy) is 1. The average Bonchev–Trinajstić information content (AvgIpc) is 2.36. The average molecular weight is 283 g/mol. The Kier molecular flexibility index (Phi) is 4.07. The summed E-state index contributed by atoms with van der Waals surface area (Å²) < 4.78 is 5.63. The number of hydrogen-bond donors (Lipinski definition) is 1. The van der Waals surface area contributed by atoms with Gasteiger partial charge in [-0.05, 0) is 36.8 Å². The van der Waals surface area contributed by atoms with Crippen molar-refractivity contribution in [1.82, 2.24) is 4.98 Å². The molecule has 3 nitrogen and oxygen atoms in total. The molecular formula is C13H12Cl2N2O. The standard InChI is InChI=1S/C13H12Cl2N2O/c1-8-6-9(2-3-10(8)14)18-13-5-4-11(15)12(7-16)17-13/h2-6H,7,16H2,1H3. The Morgan fingerprint density at radius 1 is 1.17 bits per heavy atom. The molecule has 0 radical (unpaired) electrons. The summed E-state index contributed by atoms with van der Waals surface area (Å²) in [6.45, 7) is 2.19. The minimum absolute atomic E-state index is 0.273. The van der Waals surface area contributed by atoms with Gasteiger partial charge in [-0.2, -0.15) is 0 Å². The van der Waals surface area contributed by atoms with Gasteiger partial charge in [0, 0.05) is 17.6 Å². The number of nitrogens with two attached hydrogens (primary N) is 1. The van der Waals surface area contributed by atoms with Gasteiger partial charge in [-0.25, -0.2) is 4.98 Å². The highest BCUT2D eigenvalue weighted by Crippen LogP contribution is 2.26. The Hall–Kier alpha value is -1.29. The predicted octanol–water partition coefficient (Wildman–Crippen LogP) is 3.95. The first-order chi connectivity index (χ1) is 8.60. The maximum atomic E-state index is 5.95. The second-order valence-corrected chi connectivity index (χ2v) is 4.61. The van der Waals surface area contributed by atoms with E-state index in [9.17, 15) is 0 Å². The molecule has 0 amide bonds. The second kappa shape index (κ2) is 5.57. The summed E-state index contributed by atoms with van der Waals surface area (Å²) in [6.07, 6.45) is 0. The Balaban J connectivity index is 2.25. The van der Waals surface area contributed by atoms with Gasteiger partial charge in [-0.15, -0.1) is 0 Å². The maximum absolute atomic E-state index is 5.95. The summed E-state index contributed by atoms with van der Waals surface area (Å²) in [5.41, 5.74) is 7.09. The van der Waals surface area contributed by atoms with Crippen molar-refractivity contribution in [3.05, 3.63) is 51.6 Å². The monoisotopic (exact) mass is 282 g/mol. The summed E-state index contributed by atoms with van der Waals surface area (Å²) >= 11 is 11.9. The number of rotatable bonds is 3. The summed E-state index contributed by atoms with van der Waals surface area (Å²) in [5, 5.41) is 1.24. The van der Waals surface area contributed by atoms with Gasteiger partial charge in [0.1, 0.15) is 5.75 Å². The molecule has 0 saturated heterocycles. The molecule has 5 heteroatoms. The molecule has 0 fully saturated rings. The quantitative estimate of drug-likeness (QED) is 0.927. The molecule has 1 aromatic heterocycles. The number of pyridine rings is 1. The molecule has 0 aliphatic rings. The van der Waals surface area contributed by atoms with Crippen molar-refractivity contribution in [2.24, 2.45) is 5.73 Å². The third-order valence-corrected chi connectivity index (χ3v) is 3.21. The van der Waals surface area contributed by atoms with Crippen LogP contribution in [0, 0.1) is 6.92 Å². The molecular weight excluding hydrogens is 271 g/mol. The van der Waals surface area contributed by atoms with Crippen LogP contribution in [0.4, 0.5) is 0 Å². The van der Waals surface area contributed by atoms with E-state index in [0.717, 1.165) is 5.56 Å². The van der Waals surface area contributed by atoms with E-state index in [1.165, 1.54) is 0 Å². The molecule has 0 spiro atoms. The van der Waals surface area contributed by atoms with Crippen LogP contribution in [0.25, 0.3) is 0 Å². The Labute approximate surface area is 115 Å². The van der Waals surface area contributed by atoms with Crippen LogP contribution in [0.2, 0.25) is 10.0 Å². The van der Waals surface area contributed by atoms with Crippen LogP contribution in [0.15, 0.2) is 30.3 Å². The molecule has 2 N–H and O–H groups in total. The number of halogens is 2. The fraction of sp³-hybridized carbons (Fsp3) is 0.154. The third kappa shape index (κ3) is 2.93. The van der Waals surface area contributed by atoms with Crippen LogP contribution in [-0.2, 0) is 6.54 Å². The SMILES string of the molecule is Cc1cc(Oc2ccc(Cl)c(CN)n2)ccc1Cl. The molecule has 18 heavy (non-hydrogen) atoms. The van der Waals surface area contributed by atoms with E-state index in [-0.39, 0.29) is 6.54 Å². The van der Waals surface area contributed by atoms with Crippen LogP contribution in [-0.4, -0.2) is 4.98 Å². The molecule has 2 aromatic rings. The van der Waals surface area contributed by atoms with Crippen molar-refractivity contribution in [2.75, 3.05) is 0 Å². The van der Waals surface area contributed by atoms with Gasteiger partial charge in [0.2, 0.25) is 5.88 Å². The summed E-state index contributed by atoms with van der Waals surface area (Å²) in [5.74, 6) is 1.14. The summed E-state index contributed by atoms with van der Waals surface area (Å²) in [7, 11) is 0. The van der Waals surface area contributed by atoms with Gasteiger partial charge in [0.25, 0.3) is 0 Å². The molecule has 0 atom stereocenters. The van der Waals surface area contributed by atoms with Gasteiger partial charge >= 0.3 is 0 Å². The summed E-state index contributed by atoms with van der Waals surface area (Å²) in [6, 6.07) is 8.83. The van der Waals surface area contributed by atoms with Crippen molar-refractivity contribution in [3.8, 4) is 11.6 Å². The van der Waals surface area contributed by atoms with E-state index in [1.54, 1.807) is 24.3 Å². The van der Waals surface area contributed by atoms with E-state index in [4.69, 9.17) is 33.7 Å². The summed E-state index contributed by atoms with van der Waals surface area (Å²) in [4.78, 5) is 4.23. The van der Waals surface area contributed by atoms with Crippen LogP contribution >= 0.6 is 23.2 Å². The highest BCUT2D eigenvalue weighted by molar-refractivity contribution is 6.31. The van der Waals surface area contributed by atoms with Crippen LogP contribution < -0.4 is 10.5 Å². The normalized spacial score (nSPS) is 10.4. The lowest BCUT2D eigenvalue weighted by atomic mass is 10.2. The largest absolute Gasteiger partial charge is 0.439 e. The zero-order valence-corrected chi connectivity index (χ0v) is 11.3. The number of nitrogens with zero attached hydrogens (tertiary/aromatic N) is 1. The van der Waals surface area contributed by atoms with Crippen molar-refractivity contribution in [1.29, 1.82) is 0 Å². The highest BCUT2D eigenvalue weighted by Gasteiger charge is 2.05. The Morgan fingerprint density at radius 2 is 1.89 bits per heavy atom. The molecule has 1 heterocycles. The van der Waals surface area contributed by atoms with Gasteiger partial charge in [0.05, 0.1) is 10.7 Å². The fourth-order valence-electron chi connectivity index (χ4n) is 1.47. The van der Waals surface area contributed by atoms with E-state index < -0.39 is 0 Å². The molecule has 0 aliphatic carbocycles. The number of aromatic nitrogens is 1. The smallest absolute Gasteiger partial charge is 0.219 e. The first kappa shape index (κ1) is 13.1. The first-order valence-electron chi connectivity index (χ1n) is 5.39. The maximum Gasteiger partial charge on any atom is 0.219 e. The zero-order chi connectivity index (χ0) is 13.1. The lowest BCUT2D eigenvalue weighted by Crippen LogP contribution is -2.01. The molecule has 94 valence electrons. The lowest BCUT2D eigenvalue weighted by Gasteiger charge is -2.08. The van der Waals surface area contributed by atoms with Crippen LogP contribution in [0.3, 0.4) is 0 Å². The minimum Gasteiger partial charge on any atom is -0.439 e. The molecule has 1 aromatic carbocycles. The number of hydrogen-bond acceptors (Lipinski definition) is 3. The van der Waals surface area contributed by atoms with Crippen LogP contribution in [0.5, 0.6) is 11.6 Å². The number of benzene rings is 1.